The van der Waals surface area contributed by atoms with Crippen molar-refractivity contribution in [2.24, 2.45) is 0 Å². The van der Waals surface area contributed by atoms with E-state index in [1.54, 1.807) is 31.6 Å². The molecule has 1 atom stereocenters. The number of nitrogens with zero attached hydrogens (tertiary/aromatic N) is 1. The SMILES string of the molecule is CCCC1CCCN1SCc1ccc(-c2ccoc2)c(OC)c1C(=O)OC. The predicted octanol–water partition coefficient (Wildman–Crippen LogP) is 5.15. The summed E-state index contributed by atoms with van der Waals surface area (Å²) in [6.45, 7) is 3.34. The number of benzene rings is 1. The third-order valence-corrected chi connectivity index (χ3v) is 6.25. The number of furan rings is 1. The molecule has 0 spiro atoms. The van der Waals surface area contributed by atoms with E-state index in [0.29, 0.717) is 23.1 Å². The van der Waals surface area contributed by atoms with Crippen molar-refractivity contribution in [2.75, 3.05) is 20.8 Å². The quantitative estimate of drug-likeness (QED) is 0.459. The molecule has 1 aliphatic rings. The van der Waals surface area contributed by atoms with Gasteiger partial charge in [0.1, 0.15) is 11.3 Å². The van der Waals surface area contributed by atoms with Crippen LogP contribution in [-0.4, -0.2) is 37.1 Å². The maximum atomic E-state index is 12.6. The molecule has 1 fully saturated rings. The lowest BCUT2D eigenvalue weighted by molar-refractivity contribution is 0.0596. The smallest absolute Gasteiger partial charge is 0.341 e. The standard InChI is InChI=1S/C21H27NO4S/c1-4-6-17-7-5-11-22(17)27-14-16-8-9-18(15-10-12-26-13-15)20(24-2)19(16)21(23)25-3/h8-10,12-13,17H,4-7,11,14H2,1-3H3. The van der Waals surface area contributed by atoms with E-state index in [1.807, 2.05) is 18.2 Å². The number of hydrogen-bond donors (Lipinski definition) is 0. The van der Waals surface area contributed by atoms with E-state index in [-0.39, 0.29) is 5.97 Å². The lowest BCUT2D eigenvalue weighted by atomic mass is 9.99. The van der Waals surface area contributed by atoms with Gasteiger partial charge in [0, 0.05) is 29.5 Å². The first-order valence-electron chi connectivity index (χ1n) is 9.39. The molecule has 27 heavy (non-hydrogen) atoms. The first-order chi connectivity index (χ1) is 13.2. The third-order valence-electron chi connectivity index (χ3n) is 5.00. The van der Waals surface area contributed by atoms with Gasteiger partial charge >= 0.3 is 5.97 Å². The van der Waals surface area contributed by atoms with Gasteiger partial charge in [0.15, 0.2) is 0 Å². The van der Waals surface area contributed by atoms with Crippen LogP contribution in [0, 0.1) is 0 Å². The Morgan fingerprint density at radius 1 is 1.33 bits per heavy atom. The van der Waals surface area contributed by atoms with Crippen LogP contribution in [0.15, 0.2) is 35.1 Å². The van der Waals surface area contributed by atoms with Gasteiger partial charge in [-0.3, -0.25) is 0 Å². The predicted molar refractivity (Wildman–Crippen MR) is 108 cm³/mol. The van der Waals surface area contributed by atoms with Crippen molar-refractivity contribution in [3.05, 3.63) is 41.9 Å². The van der Waals surface area contributed by atoms with Crippen LogP contribution in [0.25, 0.3) is 11.1 Å². The normalized spacial score (nSPS) is 17.2. The summed E-state index contributed by atoms with van der Waals surface area (Å²) in [6, 6.07) is 6.47. The highest BCUT2D eigenvalue weighted by molar-refractivity contribution is 7.96. The number of carbonyl (C=O) groups is 1. The zero-order valence-electron chi connectivity index (χ0n) is 16.2. The van der Waals surface area contributed by atoms with Crippen molar-refractivity contribution in [1.82, 2.24) is 4.31 Å². The Hall–Kier alpha value is -1.92. The number of hydrogen-bond acceptors (Lipinski definition) is 6. The Bertz CT molecular complexity index is 760. The molecule has 0 amide bonds. The zero-order valence-corrected chi connectivity index (χ0v) is 17.0. The van der Waals surface area contributed by atoms with Crippen LogP contribution in [0.1, 0.15) is 48.5 Å². The minimum absolute atomic E-state index is 0.376. The summed E-state index contributed by atoms with van der Waals surface area (Å²) in [7, 11) is 2.99. The van der Waals surface area contributed by atoms with E-state index in [4.69, 9.17) is 13.9 Å². The summed E-state index contributed by atoms with van der Waals surface area (Å²) in [5.41, 5.74) is 3.12. The van der Waals surface area contributed by atoms with Gasteiger partial charge in [-0.15, -0.1) is 0 Å². The maximum absolute atomic E-state index is 12.6. The molecular formula is C21H27NO4S. The number of rotatable bonds is 8. The van der Waals surface area contributed by atoms with E-state index in [1.165, 1.54) is 32.8 Å². The summed E-state index contributed by atoms with van der Waals surface area (Å²) < 4.78 is 18.4. The fourth-order valence-electron chi connectivity index (χ4n) is 3.68. The largest absolute Gasteiger partial charge is 0.495 e. The van der Waals surface area contributed by atoms with Crippen LogP contribution in [-0.2, 0) is 10.5 Å². The lowest BCUT2D eigenvalue weighted by Crippen LogP contribution is -2.22. The van der Waals surface area contributed by atoms with Gasteiger partial charge in [0.25, 0.3) is 0 Å². The highest BCUT2D eigenvalue weighted by Crippen LogP contribution is 2.38. The molecule has 2 aromatic rings. The highest BCUT2D eigenvalue weighted by atomic mass is 32.2. The second kappa shape index (κ2) is 9.33. The van der Waals surface area contributed by atoms with Crippen molar-refractivity contribution < 1.29 is 18.7 Å². The molecule has 3 rings (SSSR count). The summed E-state index contributed by atoms with van der Waals surface area (Å²) in [5.74, 6) is 0.874. The van der Waals surface area contributed by atoms with Crippen molar-refractivity contribution in [3.63, 3.8) is 0 Å². The Kier molecular flexibility index (Phi) is 6.85. The number of esters is 1. The molecule has 2 heterocycles. The summed E-state index contributed by atoms with van der Waals surface area (Å²) in [5, 5.41) is 0. The number of methoxy groups -OCH3 is 2. The molecule has 0 N–H and O–H groups in total. The molecule has 1 aromatic carbocycles. The molecule has 0 saturated carbocycles. The van der Waals surface area contributed by atoms with Crippen LogP contribution in [0.5, 0.6) is 5.75 Å². The van der Waals surface area contributed by atoms with Gasteiger partial charge in [-0.05, 0) is 30.9 Å². The first kappa shape index (κ1) is 19.8. The zero-order chi connectivity index (χ0) is 19.2. The van der Waals surface area contributed by atoms with Gasteiger partial charge < -0.3 is 13.9 Å². The Morgan fingerprint density at radius 3 is 2.85 bits per heavy atom. The van der Waals surface area contributed by atoms with Crippen molar-refractivity contribution in [2.45, 2.75) is 44.4 Å². The Labute approximate surface area is 165 Å². The molecule has 6 heteroatoms. The third kappa shape index (κ3) is 4.33. The van der Waals surface area contributed by atoms with Crippen molar-refractivity contribution in [3.8, 4) is 16.9 Å². The Balaban J connectivity index is 1.89. The molecule has 1 unspecified atom stereocenters. The van der Waals surface area contributed by atoms with Gasteiger partial charge in [0.05, 0.1) is 26.7 Å². The minimum atomic E-state index is -0.376. The fourth-order valence-corrected chi connectivity index (χ4v) is 4.91. The molecule has 0 aliphatic carbocycles. The van der Waals surface area contributed by atoms with E-state index >= 15 is 0 Å². The van der Waals surface area contributed by atoms with Crippen LogP contribution >= 0.6 is 11.9 Å². The molecular weight excluding hydrogens is 362 g/mol. The average Bonchev–Trinajstić information content (AvgIpc) is 3.37. The van der Waals surface area contributed by atoms with Crippen LogP contribution < -0.4 is 4.74 Å². The van der Waals surface area contributed by atoms with E-state index in [0.717, 1.165) is 23.2 Å². The van der Waals surface area contributed by atoms with E-state index in [9.17, 15) is 4.79 Å². The second-order valence-corrected chi connectivity index (χ2v) is 7.70. The topological polar surface area (TPSA) is 51.9 Å². The maximum Gasteiger partial charge on any atom is 0.341 e. The van der Waals surface area contributed by atoms with E-state index < -0.39 is 0 Å². The molecule has 1 aromatic heterocycles. The van der Waals surface area contributed by atoms with Crippen LogP contribution in [0.2, 0.25) is 0 Å². The monoisotopic (exact) mass is 389 g/mol. The molecule has 1 aliphatic heterocycles. The molecule has 146 valence electrons. The summed E-state index contributed by atoms with van der Waals surface area (Å²) in [6.07, 6.45) is 8.17. The van der Waals surface area contributed by atoms with Crippen LogP contribution in [0.3, 0.4) is 0 Å². The average molecular weight is 390 g/mol. The lowest BCUT2D eigenvalue weighted by Gasteiger charge is -2.23. The summed E-state index contributed by atoms with van der Waals surface area (Å²) in [4.78, 5) is 12.6. The second-order valence-electron chi connectivity index (χ2n) is 6.68. The molecule has 0 radical (unpaired) electrons. The number of ether oxygens (including phenoxy) is 2. The highest BCUT2D eigenvalue weighted by Gasteiger charge is 2.26. The fraction of sp³-hybridized carbons (Fsp3) is 0.476. The van der Waals surface area contributed by atoms with Gasteiger partial charge in [-0.25, -0.2) is 9.10 Å². The van der Waals surface area contributed by atoms with Crippen molar-refractivity contribution >= 4 is 17.9 Å². The Morgan fingerprint density at radius 2 is 2.19 bits per heavy atom. The van der Waals surface area contributed by atoms with Gasteiger partial charge in [-0.1, -0.05) is 37.4 Å². The number of carbonyl (C=O) groups excluding carboxylic acids is 1. The molecule has 1 saturated heterocycles. The molecule has 5 nitrogen and oxygen atoms in total. The molecule has 0 bridgehead atoms. The minimum Gasteiger partial charge on any atom is -0.495 e. The van der Waals surface area contributed by atoms with Gasteiger partial charge in [0.2, 0.25) is 0 Å². The first-order valence-corrected chi connectivity index (χ1v) is 10.3. The summed E-state index contributed by atoms with van der Waals surface area (Å²) >= 11 is 1.80. The van der Waals surface area contributed by atoms with Crippen LogP contribution in [0.4, 0.5) is 0 Å². The van der Waals surface area contributed by atoms with Gasteiger partial charge in [-0.2, -0.15) is 0 Å². The van der Waals surface area contributed by atoms with E-state index in [2.05, 4.69) is 11.2 Å². The van der Waals surface area contributed by atoms with Crippen molar-refractivity contribution in [1.29, 1.82) is 0 Å².